The molecule has 0 spiro atoms. The Morgan fingerprint density at radius 3 is 1.05 bits per heavy atom. The van der Waals surface area contributed by atoms with Crippen molar-refractivity contribution in [1.82, 2.24) is 102 Å². The number of nitrogens with one attached hydrogen (secondary N) is 3. The number of nitrogens with zero attached hydrogens (tertiary/aromatic N) is 21. The molecule has 0 atom stereocenters. The highest BCUT2D eigenvalue weighted by Crippen LogP contribution is 2.36. The van der Waals surface area contributed by atoms with E-state index in [1.54, 1.807) is 18.6 Å². The minimum absolute atomic E-state index is 0.150. The predicted octanol–water partition coefficient (Wildman–Crippen LogP) is 13.6. The molecule has 3 N–H and O–H groups in total. The number of anilines is 6. The molecule has 9 aromatic heterocycles. The molecule has 0 bridgehead atoms. The third kappa shape index (κ3) is 15.8. The number of aromatic nitrogens is 15. The zero-order valence-corrected chi connectivity index (χ0v) is 60.8. The van der Waals surface area contributed by atoms with E-state index in [0.717, 1.165) is 170 Å². The lowest BCUT2D eigenvalue weighted by atomic mass is 9.93. The minimum atomic E-state index is -0.359. The first-order chi connectivity index (χ1) is 47.1. The van der Waals surface area contributed by atoms with E-state index in [9.17, 15) is 14.4 Å². The van der Waals surface area contributed by atoms with Crippen molar-refractivity contribution in [3.05, 3.63) is 86.3 Å². The number of halogens is 6. The summed E-state index contributed by atoms with van der Waals surface area (Å²) in [4.78, 5) is 77.2. The molecule has 5 aliphatic rings. The van der Waals surface area contributed by atoms with Crippen molar-refractivity contribution in [2.45, 2.75) is 137 Å². The number of likely N-dealkylation sites (N-methyl/N-ethyl adjacent to an activating group) is 1. The Morgan fingerprint density at radius 1 is 0.429 bits per heavy atom. The fraction of sp³-hybridized carbons (Fsp3) is 0.538. The van der Waals surface area contributed by atoms with E-state index in [1.165, 1.54) is 6.42 Å². The van der Waals surface area contributed by atoms with Crippen LogP contribution >= 0.6 is 69.6 Å². The highest BCUT2D eigenvalue weighted by molar-refractivity contribution is 6.36. The van der Waals surface area contributed by atoms with Crippen LogP contribution in [0, 0.1) is 5.41 Å². The molecule has 5 fully saturated rings. The second-order valence-corrected chi connectivity index (χ2v) is 28.8. The number of piperidine rings is 4. The number of amides is 5. The number of carbonyl (C=O) groups is 3. The molecule has 0 aromatic carbocycles. The molecule has 9 aromatic rings. The van der Waals surface area contributed by atoms with Crippen LogP contribution in [0.2, 0.25) is 30.5 Å². The summed E-state index contributed by atoms with van der Waals surface area (Å²) in [7, 11) is 2.09. The van der Waals surface area contributed by atoms with Gasteiger partial charge in [-0.05, 0) is 85.6 Å². The first kappa shape index (κ1) is 70.5. The molecule has 27 nitrogen and oxygen atoms in total. The molecule has 0 radical (unpaired) electrons. The summed E-state index contributed by atoms with van der Waals surface area (Å²) in [5.41, 5.74) is 3.91. The Labute approximate surface area is 599 Å². The van der Waals surface area contributed by atoms with Crippen LogP contribution in [0.1, 0.15) is 117 Å². The summed E-state index contributed by atoms with van der Waals surface area (Å²) in [6.45, 7) is 23.8. The van der Waals surface area contributed by atoms with E-state index >= 15 is 0 Å². The van der Waals surface area contributed by atoms with Crippen LogP contribution in [0.4, 0.5) is 44.5 Å². The van der Waals surface area contributed by atoms with Gasteiger partial charge in [-0.25, -0.2) is 24.5 Å². The number of aryl methyl sites for hydroxylation is 3. The number of carbonyl (C=O) groups excluding carboxylic acids is 3. The molecule has 0 saturated carbocycles. The van der Waals surface area contributed by atoms with E-state index in [0.29, 0.717) is 78.5 Å². The van der Waals surface area contributed by atoms with Crippen LogP contribution in [0.3, 0.4) is 0 Å². The Balaban J connectivity index is 0.000000140. The average molecular weight is 1460 g/mol. The van der Waals surface area contributed by atoms with Crippen molar-refractivity contribution < 1.29 is 14.4 Å². The lowest BCUT2D eigenvalue weighted by molar-refractivity contribution is -0.140. The monoisotopic (exact) mass is 1460 g/mol. The molecular weight excluding hydrogens is 1380 g/mol. The maximum Gasteiger partial charge on any atom is 0.320 e. The number of piperazine rings is 1. The molecular formula is C65H84Cl6N24O3. The van der Waals surface area contributed by atoms with Gasteiger partial charge in [0.2, 0.25) is 23.8 Å². The fourth-order valence-corrected chi connectivity index (χ4v) is 14.5. The zero-order chi connectivity index (χ0) is 69.1. The zero-order valence-electron chi connectivity index (χ0n) is 56.3. The van der Waals surface area contributed by atoms with Crippen LogP contribution in [-0.4, -0.2) is 206 Å². The van der Waals surface area contributed by atoms with Gasteiger partial charge in [0.25, 0.3) is 0 Å². The summed E-state index contributed by atoms with van der Waals surface area (Å²) in [5.74, 6) is 1.50. The Kier molecular flexibility index (Phi) is 22.0. The lowest BCUT2D eigenvalue weighted by Crippen LogP contribution is -2.53. The second-order valence-electron chi connectivity index (χ2n) is 26.5. The fourth-order valence-electron chi connectivity index (χ4n) is 13.2. The summed E-state index contributed by atoms with van der Waals surface area (Å²) in [5, 5.41) is 28.5. The van der Waals surface area contributed by atoms with Gasteiger partial charge in [0, 0.05) is 141 Å². The van der Waals surface area contributed by atoms with Crippen molar-refractivity contribution in [3.8, 4) is 0 Å². The molecule has 98 heavy (non-hydrogen) atoms. The first-order valence-corrected chi connectivity index (χ1v) is 36.0. The number of hydrogen-bond donors (Lipinski definition) is 3. The van der Waals surface area contributed by atoms with Gasteiger partial charge in [-0.1, -0.05) is 90.4 Å². The van der Waals surface area contributed by atoms with E-state index in [4.69, 9.17) is 69.6 Å². The van der Waals surface area contributed by atoms with Gasteiger partial charge in [0.1, 0.15) is 16.9 Å². The first-order valence-electron chi connectivity index (χ1n) is 33.8. The maximum atomic E-state index is 12.9. The predicted molar refractivity (Wildman–Crippen MR) is 385 cm³/mol. The Bertz CT molecular complexity index is 4290. The summed E-state index contributed by atoms with van der Waals surface area (Å²) in [6.07, 6.45) is 24.9. The van der Waals surface area contributed by atoms with E-state index < -0.39 is 0 Å². The average Bonchev–Trinajstić information content (AvgIpc) is 1.66. The molecule has 0 unspecified atom stereocenters. The number of rotatable bonds is 12. The van der Waals surface area contributed by atoms with Crippen LogP contribution in [-0.2, 0) is 24.4 Å². The third-order valence-electron chi connectivity index (χ3n) is 18.9. The van der Waals surface area contributed by atoms with Crippen LogP contribution in [0.15, 0.2) is 55.8 Å². The number of hydrogen-bond acceptors (Lipinski definition) is 16. The van der Waals surface area contributed by atoms with E-state index in [-0.39, 0.29) is 41.5 Å². The quantitative estimate of drug-likeness (QED) is 0.103. The van der Waals surface area contributed by atoms with Gasteiger partial charge >= 0.3 is 12.1 Å². The van der Waals surface area contributed by atoms with Crippen molar-refractivity contribution in [2.75, 3.05) is 102 Å². The van der Waals surface area contributed by atoms with E-state index in [2.05, 4.69) is 73.1 Å². The second kappa shape index (κ2) is 30.6. The molecule has 5 amide bonds. The third-order valence-corrected chi connectivity index (χ3v) is 20.7. The summed E-state index contributed by atoms with van der Waals surface area (Å²) in [6, 6.07) is 0.902. The maximum absolute atomic E-state index is 12.9. The normalized spacial score (nSPS) is 17.2. The van der Waals surface area contributed by atoms with Crippen molar-refractivity contribution in [2.24, 2.45) is 5.41 Å². The van der Waals surface area contributed by atoms with Gasteiger partial charge in [-0.15, -0.1) is 0 Å². The molecule has 5 aliphatic heterocycles. The highest BCUT2D eigenvalue weighted by Gasteiger charge is 2.34. The summed E-state index contributed by atoms with van der Waals surface area (Å²) < 4.78 is 11.6. The van der Waals surface area contributed by atoms with Gasteiger partial charge in [0.15, 0.2) is 15.5 Å². The van der Waals surface area contributed by atoms with Gasteiger partial charge in [0.05, 0.1) is 85.0 Å². The number of fused-ring (bicyclic) bond motifs is 3. The van der Waals surface area contributed by atoms with Crippen LogP contribution in [0.25, 0.3) is 33.1 Å². The summed E-state index contributed by atoms with van der Waals surface area (Å²) >= 11 is 38.1. The van der Waals surface area contributed by atoms with Gasteiger partial charge in [-0.3, -0.25) is 18.8 Å². The molecule has 14 rings (SSSR count). The lowest BCUT2D eigenvalue weighted by Gasteiger charge is -2.38. The van der Waals surface area contributed by atoms with Gasteiger partial charge < -0.3 is 59.1 Å². The van der Waals surface area contributed by atoms with Crippen LogP contribution < -0.4 is 16.0 Å². The SMILES string of the molecule is CCn1cc(Cl)c2cnc(Nc3cn(C4CCN(C(=O)C(C)(C)C)CC4)nc3Cl)nc21.CCn1cc(Cl)c2cnc(Nc3cn(C4CCN(C(=O)N5CCCCC5)CC4)nc3Cl)nc21.CCn1cc(Cl)c2cnc(Nc3cn(C4CCN(C(=O)N5CCN(C)CC5)CC4)nc3Cl)nc21. The molecule has 524 valence electrons. The molecule has 5 saturated heterocycles. The van der Waals surface area contributed by atoms with Crippen molar-refractivity contribution in [1.29, 1.82) is 0 Å². The van der Waals surface area contributed by atoms with Gasteiger partial charge in [-0.2, -0.15) is 30.2 Å². The van der Waals surface area contributed by atoms with E-state index in [1.807, 2.05) is 131 Å². The standard InChI is InChI=1S/C22H29Cl2N9O.C22H28Cl2N8O.C21H27Cl2N7O/c1-3-30-13-17(23)16-12-25-21(27-20(16)30)26-18-14-33(28-19(18)24)15-4-6-31(7-5-15)22(34)32-10-8-29(2)9-11-32;1-2-29-13-17(23)16-12-25-21(27-20(16)29)26-18-14-32(28-19(18)24)15-6-10-31(11-7-15)22(33)30-8-4-3-5-9-30;1-5-28-11-15(22)14-10-24-20(26-18(14)28)25-16-12-30(27-17(16)23)13-6-8-29(9-7-13)19(31)21(2,3)4/h12-15H,3-11H2,1-2H3,(H,25,26,27);12-15H,2-11H2,1H3,(H,25,26,27);10-13H,5-9H2,1-4H3,(H,24,25,26). The minimum Gasteiger partial charge on any atom is -0.342 e. The Hall–Kier alpha value is -7.40. The number of likely N-dealkylation sites (tertiary alicyclic amines) is 4. The Morgan fingerprint density at radius 2 is 0.735 bits per heavy atom. The molecule has 14 heterocycles. The topological polar surface area (TPSA) is 252 Å². The van der Waals surface area contributed by atoms with Crippen molar-refractivity contribution >= 4 is 156 Å². The van der Waals surface area contributed by atoms with Crippen molar-refractivity contribution in [3.63, 3.8) is 0 Å². The molecule has 33 heteroatoms. The highest BCUT2D eigenvalue weighted by atomic mass is 35.5. The van der Waals surface area contributed by atoms with Crippen LogP contribution in [0.5, 0.6) is 0 Å². The number of urea groups is 2. The molecule has 0 aliphatic carbocycles. The largest absolute Gasteiger partial charge is 0.342 e. The smallest absolute Gasteiger partial charge is 0.320 e.